The first kappa shape index (κ1) is 16.7. The van der Waals surface area contributed by atoms with Crippen LogP contribution < -0.4 is 5.32 Å². The molecule has 1 aliphatic heterocycles. The molecular formula is C15H23ClN2O2S. The molecule has 1 saturated heterocycles. The Bertz CT molecular complexity index is 583. The van der Waals surface area contributed by atoms with Crippen LogP contribution in [-0.4, -0.2) is 38.9 Å². The van der Waals surface area contributed by atoms with Crippen molar-refractivity contribution in [2.45, 2.75) is 31.6 Å². The maximum atomic E-state index is 12.9. The minimum Gasteiger partial charge on any atom is -0.317 e. The van der Waals surface area contributed by atoms with Crippen LogP contribution in [0.1, 0.15) is 25.3 Å². The van der Waals surface area contributed by atoms with Gasteiger partial charge in [-0.15, -0.1) is 0 Å². The number of piperidine rings is 1. The summed E-state index contributed by atoms with van der Waals surface area (Å²) in [6, 6.07) is 5.06. The van der Waals surface area contributed by atoms with E-state index in [1.54, 1.807) is 29.4 Å². The Morgan fingerprint density at radius 1 is 1.33 bits per heavy atom. The second-order valence-electron chi connectivity index (χ2n) is 5.51. The van der Waals surface area contributed by atoms with Gasteiger partial charge in [0, 0.05) is 18.1 Å². The van der Waals surface area contributed by atoms with Crippen LogP contribution in [0.4, 0.5) is 0 Å². The van der Waals surface area contributed by atoms with Gasteiger partial charge in [0.2, 0.25) is 10.0 Å². The second kappa shape index (κ2) is 7.09. The number of halogens is 1. The number of nitrogens with one attached hydrogen (secondary N) is 1. The number of hydrogen-bond acceptors (Lipinski definition) is 3. The quantitative estimate of drug-likeness (QED) is 0.903. The molecular weight excluding hydrogens is 308 g/mol. The van der Waals surface area contributed by atoms with E-state index >= 15 is 0 Å². The van der Waals surface area contributed by atoms with Gasteiger partial charge in [0.05, 0.1) is 4.90 Å². The van der Waals surface area contributed by atoms with Gasteiger partial charge in [-0.05, 0) is 56.5 Å². The first-order chi connectivity index (χ1) is 9.96. The van der Waals surface area contributed by atoms with Crippen LogP contribution in [0.2, 0.25) is 5.02 Å². The first-order valence-electron chi connectivity index (χ1n) is 7.42. The molecule has 1 N–H and O–H groups in total. The van der Waals surface area contributed by atoms with E-state index in [-0.39, 0.29) is 0 Å². The van der Waals surface area contributed by atoms with E-state index in [1.807, 2.05) is 6.92 Å². The third-order valence-electron chi connectivity index (χ3n) is 4.11. The van der Waals surface area contributed by atoms with E-state index in [9.17, 15) is 8.42 Å². The lowest BCUT2D eigenvalue weighted by Gasteiger charge is -2.29. The molecule has 6 heteroatoms. The molecule has 0 radical (unpaired) electrons. The summed E-state index contributed by atoms with van der Waals surface area (Å²) in [5.41, 5.74) is 0.628. The van der Waals surface area contributed by atoms with Gasteiger partial charge in [0.1, 0.15) is 0 Å². The maximum absolute atomic E-state index is 12.9. The summed E-state index contributed by atoms with van der Waals surface area (Å²) in [6.45, 7) is 6.66. The van der Waals surface area contributed by atoms with Gasteiger partial charge in [-0.3, -0.25) is 0 Å². The summed E-state index contributed by atoms with van der Waals surface area (Å²) >= 11 is 6.07. The summed E-state index contributed by atoms with van der Waals surface area (Å²) in [4.78, 5) is 0.325. The van der Waals surface area contributed by atoms with Crippen molar-refractivity contribution in [1.82, 2.24) is 9.62 Å². The Hall–Kier alpha value is -0.620. The van der Waals surface area contributed by atoms with Crippen LogP contribution >= 0.6 is 11.6 Å². The minimum atomic E-state index is -3.48. The third-order valence-corrected chi connectivity index (χ3v) is 6.60. The molecule has 0 bridgehead atoms. The van der Waals surface area contributed by atoms with Crippen LogP contribution in [0, 0.1) is 12.8 Å². The lowest BCUT2D eigenvalue weighted by molar-refractivity contribution is 0.294. The van der Waals surface area contributed by atoms with Crippen molar-refractivity contribution in [3.8, 4) is 0 Å². The monoisotopic (exact) mass is 330 g/mol. The molecule has 0 amide bonds. The fourth-order valence-electron chi connectivity index (χ4n) is 2.76. The zero-order chi connectivity index (χ0) is 15.5. The van der Waals surface area contributed by atoms with E-state index in [1.165, 1.54) is 0 Å². The lowest BCUT2D eigenvalue weighted by atomic mass is 9.98. The Kier molecular flexibility index (Phi) is 5.66. The summed E-state index contributed by atoms with van der Waals surface area (Å²) in [6.07, 6.45) is 2.06. The molecule has 21 heavy (non-hydrogen) atoms. The van der Waals surface area contributed by atoms with E-state index in [0.29, 0.717) is 34.5 Å². The van der Waals surface area contributed by atoms with Crippen LogP contribution in [0.5, 0.6) is 0 Å². The van der Waals surface area contributed by atoms with Crippen molar-refractivity contribution in [2.24, 2.45) is 5.92 Å². The number of rotatable bonds is 5. The normalized spacial score (nSPS) is 17.3. The van der Waals surface area contributed by atoms with Gasteiger partial charge in [-0.1, -0.05) is 24.6 Å². The average molecular weight is 331 g/mol. The smallest absolute Gasteiger partial charge is 0.243 e. The lowest BCUT2D eigenvalue weighted by Crippen LogP contribution is -2.39. The fraction of sp³-hybridized carbons (Fsp3) is 0.600. The molecule has 0 aromatic heterocycles. The highest BCUT2D eigenvalue weighted by Gasteiger charge is 2.28. The SMILES string of the molecule is CCN(CC1CCNCC1)S(=O)(=O)c1cccc(Cl)c1C. The Morgan fingerprint density at radius 3 is 2.62 bits per heavy atom. The molecule has 0 spiro atoms. The van der Waals surface area contributed by atoms with Crippen molar-refractivity contribution in [3.63, 3.8) is 0 Å². The molecule has 0 atom stereocenters. The summed E-state index contributed by atoms with van der Waals surface area (Å²) < 4.78 is 27.3. The van der Waals surface area contributed by atoms with Crippen LogP contribution in [0.25, 0.3) is 0 Å². The standard InChI is InChI=1S/C15H23ClN2O2S/c1-3-18(11-13-7-9-17-10-8-13)21(19,20)15-6-4-5-14(16)12(15)2/h4-6,13,17H,3,7-11H2,1-2H3. The average Bonchev–Trinajstić information content (AvgIpc) is 2.48. The first-order valence-corrected chi connectivity index (χ1v) is 9.24. The van der Waals surface area contributed by atoms with Gasteiger partial charge < -0.3 is 5.32 Å². The zero-order valence-electron chi connectivity index (χ0n) is 12.6. The van der Waals surface area contributed by atoms with Crippen LogP contribution in [0.15, 0.2) is 23.1 Å². The van der Waals surface area contributed by atoms with Gasteiger partial charge in [-0.25, -0.2) is 8.42 Å². The van der Waals surface area contributed by atoms with Crippen molar-refractivity contribution in [1.29, 1.82) is 0 Å². The van der Waals surface area contributed by atoms with E-state index in [4.69, 9.17) is 11.6 Å². The van der Waals surface area contributed by atoms with Gasteiger partial charge in [0.25, 0.3) is 0 Å². The van der Waals surface area contributed by atoms with Crippen LogP contribution in [-0.2, 0) is 10.0 Å². The molecule has 0 unspecified atom stereocenters. The number of hydrogen-bond donors (Lipinski definition) is 1. The Balaban J connectivity index is 2.24. The molecule has 1 aromatic rings. The highest BCUT2D eigenvalue weighted by atomic mass is 35.5. The van der Waals surface area contributed by atoms with E-state index in [2.05, 4.69) is 5.32 Å². The molecule has 0 saturated carbocycles. The van der Waals surface area contributed by atoms with Gasteiger partial charge in [-0.2, -0.15) is 4.31 Å². The molecule has 1 fully saturated rings. The van der Waals surface area contributed by atoms with E-state index < -0.39 is 10.0 Å². The van der Waals surface area contributed by atoms with Crippen molar-refractivity contribution < 1.29 is 8.42 Å². The van der Waals surface area contributed by atoms with Crippen molar-refractivity contribution >= 4 is 21.6 Å². The van der Waals surface area contributed by atoms with Crippen LogP contribution in [0.3, 0.4) is 0 Å². The number of benzene rings is 1. The summed E-state index contributed by atoms with van der Waals surface area (Å²) in [5.74, 6) is 0.431. The largest absolute Gasteiger partial charge is 0.317 e. The van der Waals surface area contributed by atoms with Crippen molar-refractivity contribution in [2.75, 3.05) is 26.2 Å². The topological polar surface area (TPSA) is 49.4 Å². The Morgan fingerprint density at radius 2 is 2.00 bits per heavy atom. The highest BCUT2D eigenvalue weighted by Crippen LogP contribution is 2.26. The van der Waals surface area contributed by atoms with Crippen molar-refractivity contribution in [3.05, 3.63) is 28.8 Å². The molecule has 2 rings (SSSR count). The number of sulfonamides is 1. The number of nitrogens with zero attached hydrogens (tertiary/aromatic N) is 1. The zero-order valence-corrected chi connectivity index (χ0v) is 14.2. The maximum Gasteiger partial charge on any atom is 0.243 e. The fourth-order valence-corrected chi connectivity index (χ4v) is 4.76. The minimum absolute atomic E-state index is 0.325. The molecule has 118 valence electrons. The van der Waals surface area contributed by atoms with Gasteiger partial charge >= 0.3 is 0 Å². The molecule has 4 nitrogen and oxygen atoms in total. The highest BCUT2D eigenvalue weighted by molar-refractivity contribution is 7.89. The van der Waals surface area contributed by atoms with E-state index in [0.717, 1.165) is 25.9 Å². The predicted molar refractivity (Wildman–Crippen MR) is 86.2 cm³/mol. The summed E-state index contributed by atoms with van der Waals surface area (Å²) in [7, 11) is -3.48. The molecule has 1 aromatic carbocycles. The molecule has 0 aliphatic carbocycles. The molecule has 1 aliphatic rings. The van der Waals surface area contributed by atoms with Gasteiger partial charge in [0.15, 0.2) is 0 Å². The summed E-state index contributed by atoms with van der Waals surface area (Å²) in [5, 5.41) is 3.80. The Labute approximate surface area is 132 Å². The third kappa shape index (κ3) is 3.77. The predicted octanol–water partition coefficient (Wildman–Crippen LogP) is 2.66. The molecule has 1 heterocycles. The second-order valence-corrected chi connectivity index (χ2v) is 7.83.